The fourth-order valence-electron chi connectivity index (χ4n) is 2.86. The van der Waals surface area contributed by atoms with E-state index in [0.29, 0.717) is 19.4 Å². The maximum atomic E-state index is 11.6. The lowest BCUT2D eigenvalue weighted by Crippen LogP contribution is -2.61. The maximum absolute atomic E-state index is 11.6. The molecule has 0 aromatic heterocycles. The van der Waals surface area contributed by atoms with Gasteiger partial charge in [-0.2, -0.15) is 0 Å². The van der Waals surface area contributed by atoms with Gasteiger partial charge in [-0.05, 0) is 20.8 Å². The number of carboxylic acids is 1. The first-order chi connectivity index (χ1) is 7.83. The van der Waals surface area contributed by atoms with Gasteiger partial charge in [-0.3, -0.25) is 4.79 Å². The summed E-state index contributed by atoms with van der Waals surface area (Å²) < 4.78 is 5.56. The van der Waals surface area contributed by atoms with Crippen molar-refractivity contribution in [3.63, 3.8) is 0 Å². The minimum atomic E-state index is -1.11. The molecule has 1 amide bonds. The third-order valence-corrected chi connectivity index (χ3v) is 3.33. The minimum absolute atomic E-state index is 0.150. The Labute approximate surface area is 102 Å². The highest BCUT2D eigenvalue weighted by molar-refractivity contribution is 5.86. The van der Waals surface area contributed by atoms with E-state index < -0.39 is 11.5 Å². The molecule has 5 heteroatoms. The van der Waals surface area contributed by atoms with Crippen molar-refractivity contribution in [2.24, 2.45) is 0 Å². The number of amides is 1. The molecule has 0 radical (unpaired) electrons. The van der Waals surface area contributed by atoms with E-state index in [4.69, 9.17) is 4.74 Å². The Hall–Kier alpha value is -1.10. The van der Waals surface area contributed by atoms with E-state index in [0.717, 1.165) is 0 Å². The van der Waals surface area contributed by atoms with Gasteiger partial charge in [-0.25, -0.2) is 4.79 Å². The zero-order valence-electron chi connectivity index (χ0n) is 10.9. The standard InChI is InChI=1S/C12H21NO4/c1-5-13(10(4)14)12(11(15)16)6-8(2)17-9(3)7-12/h8-9H,5-7H2,1-4H3,(H,15,16). The third kappa shape index (κ3) is 2.60. The van der Waals surface area contributed by atoms with Gasteiger partial charge in [0.15, 0.2) is 0 Å². The largest absolute Gasteiger partial charge is 0.479 e. The van der Waals surface area contributed by atoms with E-state index in [1.54, 1.807) is 6.92 Å². The molecule has 1 fully saturated rings. The van der Waals surface area contributed by atoms with Crippen LogP contribution in [0.4, 0.5) is 0 Å². The summed E-state index contributed by atoms with van der Waals surface area (Å²) in [5.74, 6) is -1.13. The number of carbonyl (C=O) groups is 2. The van der Waals surface area contributed by atoms with Gasteiger partial charge in [0.2, 0.25) is 5.91 Å². The second kappa shape index (κ2) is 5.04. The van der Waals surface area contributed by atoms with Crippen molar-refractivity contribution in [2.75, 3.05) is 6.54 Å². The molecule has 2 atom stereocenters. The zero-order chi connectivity index (χ0) is 13.2. The van der Waals surface area contributed by atoms with Gasteiger partial charge >= 0.3 is 5.97 Å². The van der Waals surface area contributed by atoms with E-state index in [2.05, 4.69) is 0 Å². The molecular weight excluding hydrogens is 222 g/mol. The molecule has 0 saturated carbocycles. The predicted molar refractivity (Wildman–Crippen MR) is 62.7 cm³/mol. The van der Waals surface area contributed by atoms with Gasteiger partial charge in [-0.1, -0.05) is 0 Å². The number of carboxylic acid groups (broad SMARTS) is 1. The number of likely N-dealkylation sites (N-methyl/N-ethyl adjacent to an activating group) is 1. The van der Waals surface area contributed by atoms with Crippen LogP contribution in [0.5, 0.6) is 0 Å². The lowest BCUT2D eigenvalue weighted by atomic mass is 9.82. The SMILES string of the molecule is CCN(C(C)=O)C1(C(=O)O)CC(C)OC(C)C1. The minimum Gasteiger partial charge on any atom is -0.479 e. The summed E-state index contributed by atoms with van der Waals surface area (Å²) in [5, 5.41) is 9.53. The van der Waals surface area contributed by atoms with E-state index >= 15 is 0 Å². The number of aliphatic carboxylic acids is 1. The summed E-state index contributed by atoms with van der Waals surface area (Å²) >= 11 is 0. The van der Waals surface area contributed by atoms with Gasteiger partial charge in [0.05, 0.1) is 12.2 Å². The monoisotopic (exact) mass is 243 g/mol. The van der Waals surface area contributed by atoms with Crippen molar-refractivity contribution >= 4 is 11.9 Å². The molecule has 0 bridgehead atoms. The van der Waals surface area contributed by atoms with Gasteiger partial charge in [0.1, 0.15) is 5.54 Å². The van der Waals surface area contributed by atoms with Crippen LogP contribution in [0.25, 0.3) is 0 Å². The number of ether oxygens (including phenoxy) is 1. The van der Waals surface area contributed by atoms with Gasteiger partial charge in [0.25, 0.3) is 0 Å². The summed E-state index contributed by atoms with van der Waals surface area (Å²) in [6, 6.07) is 0. The quantitative estimate of drug-likeness (QED) is 0.810. The first-order valence-electron chi connectivity index (χ1n) is 6.00. The second-order valence-corrected chi connectivity index (χ2v) is 4.77. The summed E-state index contributed by atoms with van der Waals surface area (Å²) in [6.07, 6.45) is 0.395. The topological polar surface area (TPSA) is 66.8 Å². The summed E-state index contributed by atoms with van der Waals surface area (Å²) in [6.45, 7) is 7.32. The highest BCUT2D eigenvalue weighted by atomic mass is 16.5. The average Bonchev–Trinajstić information content (AvgIpc) is 2.15. The molecule has 98 valence electrons. The Balaban J connectivity index is 3.11. The van der Waals surface area contributed by atoms with Crippen LogP contribution >= 0.6 is 0 Å². The van der Waals surface area contributed by atoms with Crippen molar-refractivity contribution in [3.8, 4) is 0 Å². The maximum Gasteiger partial charge on any atom is 0.329 e. The predicted octanol–water partition coefficient (Wildman–Crippen LogP) is 1.27. The molecule has 1 aliphatic heterocycles. The van der Waals surface area contributed by atoms with E-state index in [9.17, 15) is 14.7 Å². The Bertz CT molecular complexity index is 306. The zero-order valence-corrected chi connectivity index (χ0v) is 10.9. The van der Waals surface area contributed by atoms with Crippen LogP contribution < -0.4 is 0 Å². The van der Waals surface area contributed by atoms with Crippen molar-refractivity contribution in [2.45, 2.75) is 58.3 Å². The van der Waals surface area contributed by atoms with Crippen LogP contribution in [0.1, 0.15) is 40.5 Å². The second-order valence-electron chi connectivity index (χ2n) is 4.77. The van der Waals surface area contributed by atoms with Crippen LogP contribution in [0, 0.1) is 0 Å². The van der Waals surface area contributed by atoms with Crippen LogP contribution in [0.2, 0.25) is 0 Å². The molecule has 1 aliphatic rings. The number of nitrogens with zero attached hydrogens (tertiary/aromatic N) is 1. The Morgan fingerprint density at radius 3 is 2.12 bits per heavy atom. The number of carbonyl (C=O) groups excluding carboxylic acids is 1. The smallest absolute Gasteiger partial charge is 0.329 e. The lowest BCUT2D eigenvalue weighted by molar-refractivity contribution is -0.174. The molecule has 0 aromatic rings. The molecule has 1 heterocycles. The van der Waals surface area contributed by atoms with Crippen LogP contribution in [0.3, 0.4) is 0 Å². The third-order valence-electron chi connectivity index (χ3n) is 3.33. The molecular formula is C12H21NO4. The van der Waals surface area contributed by atoms with Crippen molar-refractivity contribution in [1.82, 2.24) is 4.90 Å². The van der Waals surface area contributed by atoms with Gasteiger partial charge in [0, 0.05) is 26.3 Å². The highest BCUT2D eigenvalue weighted by Gasteiger charge is 2.50. The summed E-state index contributed by atoms with van der Waals surface area (Å²) in [5.41, 5.74) is -1.11. The van der Waals surface area contributed by atoms with E-state index in [1.807, 2.05) is 13.8 Å². The Morgan fingerprint density at radius 2 is 1.82 bits per heavy atom. The average molecular weight is 243 g/mol. The van der Waals surface area contributed by atoms with Crippen LogP contribution in [0.15, 0.2) is 0 Å². The van der Waals surface area contributed by atoms with Crippen molar-refractivity contribution in [1.29, 1.82) is 0 Å². The first-order valence-corrected chi connectivity index (χ1v) is 6.00. The lowest BCUT2D eigenvalue weighted by Gasteiger charge is -2.46. The molecule has 1 saturated heterocycles. The molecule has 5 nitrogen and oxygen atoms in total. The summed E-state index contributed by atoms with van der Waals surface area (Å²) in [4.78, 5) is 24.7. The first kappa shape index (κ1) is 14.0. The fourth-order valence-corrected chi connectivity index (χ4v) is 2.86. The Kier molecular flexibility index (Phi) is 4.14. The Morgan fingerprint density at radius 1 is 1.35 bits per heavy atom. The van der Waals surface area contributed by atoms with Gasteiger partial charge < -0.3 is 14.7 Å². The summed E-state index contributed by atoms with van der Waals surface area (Å²) in [7, 11) is 0. The molecule has 1 N–H and O–H groups in total. The molecule has 0 spiro atoms. The fraction of sp³-hybridized carbons (Fsp3) is 0.833. The molecule has 2 unspecified atom stereocenters. The molecule has 17 heavy (non-hydrogen) atoms. The highest BCUT2D eigenvalue weighted by Crippen LogP contribution is 2.34. The van der Waals surface area contributed by atoms with Crippen molar-refractivity contribution < 1.29 is 19.4 Å². The van der Waals surface area contributed by atoms with Crippen LogP contribution in [-0.2, 0) is 14.3 Å². The van der Waals surface area contributed by atoms with Crippen LogP contribution in [-0.4, -0.2) is 46.2 Å². The molecule has 0 aliphatic carbocycles. The normalized spacial score (nSPS) is 33.2. The number of hydrogen-bond donors (Lipinski definition) is 1. The number of rotatable bonds is 3. The number of hydrogen-bond acceptors (Lipinski definition) is 3. The van der Waals surface area contributed by atoms with E-state index in [-0.39, 0.29) is 18.1 Å². The molecule has 0 aromatic carbocycles. The van der Waals surface area contributed by atoms with Gasteiger partial charge in [-0.15, -0.1) is 0 Å². The van der Waals surface area contributed by atoms with Crippen molar-refractivity contribution in [3.05, 3.63) is 0 Å². The van der Waals surface area contributed by atoms with E-state index in [1.165, 1.54) is 11.8 Å². The molecule has 1 rings (SSSR count).